The SMILES string of the molecule is CN=C(NCc1ccc(OC)c(OC)c1)NCc1ccccc1C.I. The van der Waals surface area contributed by atoms with Gasteiger partial charge in [-0.15, -0.1) is 24.0 Å². The molecule has 0 heterocycles. The van der Waals surface area contributed by atoms with Gasteiger partial charge in [-0.3, -0.25) is 4.99 Å². The minimum atomic E-state index is 0. The van der Waals surface area contributed by atoms with E-state index >= 15 is 0 Å². The van der Waals surface area contributed by atoms with Gasteiger partial charge in [-0.05, 0) is 35.7 Å². The predicted molar refractivity (Wildman–Crippen MR) is 113 cm³/mol. The van der Waals surface area contributed by atoms with E-state index in [9.17, 15) is 0 Å². The number of methoxy groups -OCH3 is 2. The van der Waals surface area contributed by atoms with E-state index in [-0.39, 0.29) is 24.0 Å². The summed E-state index contributed by atoms with van der Waals surface area (Å²) in [7, 11) is 5.03. The summed E-state index contributed by atoms with van der Waals surface area (Å²) < 4.78 is 10.6. The Hall–Kier alpha value is -1.96. The van der Waals surface area contributed by atoms with Crippen LogP contribution >= 0.6 is 24.0 Å². The third kappa shape index (κ3) is 6.12. The van der Waals surface area contributed by atoms with Crippen LogP contribution in [0.25, 0.3) is 0 Å². The third-order valence-electron chi connectivity index (χ3n) is 3.84. The maximum Gasteiger partial charge on any atom is 0.191 e. The molecule has 2 aromatic carbocycles. The maximum atomic E-state index is 5.33. The van der Waals surface area contributed by atoms with Gasteiger partial charge in [-0.2, -0.15) is 0 Å². The Kier molecular flexibility index (Phi) is 9.12. The first-order chi connectivity index (χ1) is 11.7. The molecule has 0 fully saturated rings. The Labute approximate surface area is 166 Å². The van der Waals surface area contributed by atoms with Crippen molar-refractivity contribution in [2.75, 3.05) is 21.3 Å². The van der Waals surface area contributed by atoms with Gasteiger partial charge in [0.2, 0.25) is 0 Å². The van der Waals surface area contributed by atoms with E-state index in [0.717, 1.165) is 29.6 Å². The Morgan fingerprint density at radius 3 is 2.28 bits per heavy atom. The van der Waals surface area contributed by atoms with E-state index in [0.29, 0.717) is 6.54 Å². The molecule has 0 saturated heterocycles. The molecule has 2 N–H and O–H groups in total. The van der Waals surface area contributed by atoms with Crippen molar-refractivity contribution < 1.29 is 9.47 Å². The molecule has 0 aliphatic carbocycles. The van der Waals surface area contributed by atoms with E-state index in [2.05, 4.69) is 34.7 Å². The highest BCUT2D eigenvalue weighted by Gasteiger charge is 2.05. The van der Waals surface area contributed by atoms with Crippen LogP contribution in [0, 0.1) is 6.92 Å². The molecule has 2 aromatic rings. The fourth-order valence-corrected chi connectivity index (χ4v) is 2.38. The van der Waals surface area contributed by atoms with Crippen molar-refractivity contribution in [3.63, 3.8) is 0 Å². The van der Waals surface area contributed by atoms with Gasteiger partial charge in [-0.25, -0.2) is 0 Å². The molecule has 2 rings (SSSR count). The van der Waals surface area contributed by atoms with Gasteiger partial charge in [0.1, 0.15) is 0 Å². The lowest BCUT2D eigenvalue weighted by Crippen LogP contribution is -2.36. The van der Waals surface area contributed by atoms with Crippen LogP contribution in [0.2, 0.25) is 0 Å². The number of rotatable bonds is 6. The van der Waals surface area contributed by atoms with Gasteiger partial charge in [0.15, 0.2) is 17.5 Å². The number of ether oxygens (including phenoxy) is 2. The fraction of sp³-hybridized carbons (Fsp3) is 0.316. The molecule has 0 aromatic heterocycles. The molecule has 0 atom stereocenters. The Morgan fingerprint density at radius 1 is 0.960 bits per heavy atom. The van der Waals surface area contributed by atoms with Crippen molar-refractivity contribution in [2.24, 2.45) is 4.99 Å². The normalized spacial score (nSPS) is 10.6. The van der Waals surface area contributed by atoms with Crippen LogP contribution in [-0.4, -0.2) is 27.2 Å². The zero-order valence-electron chi connectivity index (χ0n) is 15.1. The summed E-state index contributed by atoms with van der Waals surface area (Å²) in [6.07, 6.45) is 0. The summed E-state index contributed by atoms with van der Waals surface area (Å²) in [6.45, 7) is 3.49. The minimum absolute atomic E-state index is 0. The second-order valence-corrected chi connectivity index (χ2v) is 5.40. The van der Waals surface area contributed by atoms with Gasteiger partial charge >= 0.3 is 0 Å². The molecule has 0 radical (unpaired) electrons. The van der Waals surface area contributed by atoms with Crippen LogP contribution in [-0.2, 0) is 13.1 Å². The van der Waals surface area contributed by atoms with E-state index in [1.165, 1.54) is 11.1 Å². The Bertz CT molecular complexity index is 705. The van der Waals surface area contributed by atoms with Crippen molar-refractivity contribution >= 4 is 29.9 Å². The average molecular weight is 455 g/mol. The summed E-state index contributed by atoms with van der Waals surface area (Å²) in [6, 6.07) is 14.2. The zero-order chi connectivity index (χ0) is 17.4. The number of hydrogen-bond donors (Lipinski definition) is 2. The summed E-state index contributed by atoms with van der Waals surface area (Å²) >= 11 is 0. The second-order valence-electron chi connectivity index (χ2n) is 5.40. The molecule has 25 heavy (non-hydrogen) atoms. The lowest BCUT2D eigenvalue weighted by molar-refractivity contribution is 0.354. The highest BCUT2D eigenvalue weighted by atomic mass is 127. The molecule has 0 bridgehead atoms. The lowest BCUT2D eigenvalue weighted by Gasteiger charge is -2.14. The highest BCUT2D eigenvalue weighted by Crippen LogP contribution is 2.27. The smallest absolute Gasteiger partial charge is 0.191 e. The van der Waals surface area contributed by atoms with Gasteiger partial charge in [0.25, 0.3) is 0 Å². The molecular weight excluding hydrogens is 429 g/mol. The van der Waals surface area contributed by atoms with Crippen molar-refractivity contribution in [2.45, 2.75) is 20.0 Å². The highest BCUT2D eigenvalue weighted by molar-refractivity contribution is 14.0. The summed E-state index contributed by atoms with van der Waals surface area (Å²) in [5.41, 5.74) is 3.61. The molecule has 0 spiro atoms. The van der Waals surface area contributed by atoms with Crippen molar-refractivity contribution in [3.05, 3.63) is 59.2 Å². The van der Waals surface area contributed by atoms with Gasteiger partial charge in [0, 0.05) is 20.1 Å². The Morgan fingerprint density at radius 2 is 1.64 bits per heavy atom. The van der Waals surface area contributed by atoms with E-state index in [1.54, 1.807) is 21.3 Å². The first-order valence-electron chi connectivity index (χ1n) is 7.88. The monoisotopic (exact) mass is 455 g/mol. The van der Waals surface area contributed by atoms with Crippen molar-refractivity contribution in [3.8, 4) is 11.5 Å². The van der Waals surface area contributed by atoms with Gasteiger partial charge < -0.3 is 20.1 Å². The van der Waals surface area contributed by atoms with Gasteiger partial charge in [-0.1, -0.05) is 30.3 Å². The average Bonchev–Trinajstić information content (AvgIpc) is 2.62. The molecule has 0 aliphatic heterocycles. The number of halogens is 1. The number of nitrogens with one attached hydrogen (secondary N) is 2. The van der Waals surface area contributed by atoms with Gasteiger partial charge in [0.05, 0.1) is 14.2 Å². The second kappa shape index (κ2) is 10.8. The number of aryl methyl sites for hydroxylation is 1. The molecule has 5 nitrogen and oxygen atoms in total. The van der Waals surface area contributed by atoms with Crippen LogP contribution in [0.1, 0.15) is 16.7 Å². The summed E-state index contributed by atoms with van der Waals surface area (Å²) in [4.78, 5) is 4.26. The minimum Gasteiger partial charge on any atom is -0.493 e. The molecule has 0 aliphatic rings. The van der Waals surface area contributed by atoms with E-state index in [4.69, 9.17) is 9.47 Å². The fourth-order valence-electron chi connectivity index (χ4n) is 2.38. The van der Waals surface area contributed by atoms with Crippen LogP contribution in [0.15, 0.2) is 47.5 Å². The molecule has 136 valence electrons. The molecular formula is C19H26IN3O2. The molecule has 6 heteroatoms. The zero-order valence-corrected chi connectivity index (χ0v) is 17.5. The molecule has 0 saturated carbocycles. The van der Waals surface area contributed by atoms with Crippen LogP contribution in [0.5, 0.6) is 11.5 Å². The van der Waals surface area contributed by atoms with E-state index in [1.807, 2.05) is 30.3 Å². The maximum absolute atomic E-state index is 5.33. The molecule has 0 amide bonds. The topological polar surface area (TPSA) is 54.9 Å². The van der Waals surface area contributed by atoms with Crippen LogP contribution in [0.4, 0.5) is 0 Å². The number of aliphatic imine (C=N–C) groups is 1. The quantitative estimate of drug-likeness (QED) is 0.398. The van der Waals surface area contributed by atoms with E-state index < -0.39 is 0 Å². The first-order valence-corrected chi connectivity index (χ1v) is 7.88. The third-order valence-corrected chi connectivity index (χ3v) is 3.84. The first kappa shape index (κ1) is 21.1. The summed E-state index contributed by atoms with van der Waals surface area (Å²) in [5.74, 6) is 2.20. The number of benzene rings is 2. The van der Waals surface area contributed by atoms with Crippen molar-refractivity contribution in [1.82, 2.24) is 10.6 Å². The standard InChI is InChI=1S/C19H25N3O2.HI/c1-14-7-5-6-8-16(14)13-22-19(20-2)21-12-15-9-10-17(23-3)18(11-15)24-4;/h5-11H,12-13H2,1-4H3,(H2,20,21,22);1H. The van der Waals surface area contributed by atoms with Crippen LogP contribution < -0.4 is 20.1 Å². The number of hydrogen-bond acceptors (Lipinski definition) is 3. The molecule has 0 unspecified atom stereocenters. The summed E-state index contributed by atoms with van der Waals surface area (Å²) in [5, 5.41) is 6.64. The van der Waals surface area contributed by atoms with Crippen molar-refractivity contribution in [1.29, 1.82) is 0 Å². The number of guanidine groups is 1. The Balaban J connectivity index is 0.00000312. The van der Waals surface area contributed by atoms with Crippen LogP contribution in [0.3, 0.4) is 0 Å². The lowest BCUT2D eigenvalue weighted by atomic mass is 10.1. The predicted octanol–water partition coefficient (Wildman–Crippen LogP) is 3.50. The largest absolute Gasteiger partial charge is 0.493 e. The number of nitrogens with zero attached hydrogens (tertiary/aromatic N) is 1.